The van der Waals surface area contributed by atoms with Crippen molar-refractivity contribution in [3.63, 3.8) is 0 Å². The number of aromatic nitrogens is 3. The van der Waals surface area contributed by atoms with E-state index in [4.69, 9.17) is 0 Å². The predicted molar refractivity (Wildman–Crippen MR) is 66.4 cm³/mol. The highest BCUT2D eigenvalue weighted by Gasteiger charge is 2.12. The van der Waals surface area contributed by atoms with Gasteiger partial charge in [0.1, 0.15) is 18.7 Å². The van der Waals surface area contributed by atoms with Crippen LogP contribution in [0.15, 0.2) is 30.6 Å². The van der Waals surface area contributed by atoms with Gasteiger partial charge in [0.15, 0.2) is 0 Å². The van der Waals surface area contributed by atoms with Crippen molar-refractivity contribution in [2.75, 3.05) is 12.4 Å². The zero-order valence-corrected chi connectivity index (χ0v) is 10.5. The van der Waals surface area contributed by atoms with Crippen molar-refractivity contribution in [3.05, 3.63) is 42.2 Å². The van der Waals surface area contributed by atoms with E-state index in [1.807, 2.05) is 0 Å². The lowest BCUT2D eigenvalue weighted by molar-refractivity contribution is -0.116. The summed E-state index contributed by atoms with van der Waals surface area (Å²) in [4.78, 5) is 26.5. The average molecular weight is 278 g/mol. The van der Waals surface area contributed by atoms with Gasteiger partial charge in [0.25, 0.3) is 5.82 Å². The molecule has 0 aliphatic heterocycles. The van der Waals surface area contributed by atoms with Crippen LogP contribution >= 0.6 is 0 Å². The molecule has 0 bridgehead atoms. The fourth-order valence-corrected chi connectivity index (χ4v) is 1.47. The SMILES string of the molecule is COC(=O)c1ncn(CC(=O)Nc2cccc(F)c2)n1. The van der Waals surface area contributed by atoms with Crippen LogP contribution in [-0.2, 0) is 16.1 Å². The Hall–Kier alpha value is -2.77. The van der Waals surface area contributed by atoms with E-state index in [2.05, 4.69) is 20.1 Å². The van der Waals surface area contributed by atoms with Crippen LogP contribution < -0.4 is 5.32 Å². The number of hydrogen-bond acceptors (Lipinski definition) is 5. The Bertz CT molecular complexity index is 641. The van der Waals surface area contributed by atoms with Gasteiger partial charge in [-0.25, -0.2) is 18.9 Å². The van der Waals surface area contributed by atoms with Gasteiger partial charge in [0.05, 0.1) is 7.11 Å². The smallest absolute Gasteiger partial charge is 0.377 e. The topological polar surface area (TPSA) is 86.1 Å². The predicted octanol–water partition coefficient (Wildman–Crippen LogP) is 0.842. The van der Waals surface area contributed by atoms with E-state index >= 15 is 0 Å². The molecule has 1 aromatic heterocycles. The molecule has 1 heterocycles. The number of esters is 1. The number of methoxy groups -OCH3 is 1. The molecular formula is C12H11FN4O3. The second-order valence-corrected chi connectivity index (χ2v) is 3.82. The Kier molecular flexibility index (Phi) is 4.04. The Morgan fingerprint density at radius 2 is 2.25 bits per heavy atom. The van der Waals surface area contributed by atoms with Crippen LogP contribution in [0, 0.1) is 5.82 Å². The molecule has 104 valence electrons. The molecule has 7 nitrogen and oxygen atoms in total. The largest absolute Gasteiger partial charge is 0.463 e. The molecule has 2 rings (SSSR count). The summed E-state index contributed by atoms with van der Waals surface area (Å²) in [6.45, 7) is -0.152. The first-order valence-electron chi connectivity index (χ1n) is 5.61. The first-order chi connectivity index (χ1) is 9.58. The lowest BCUT2D eigenvalue weighted by Crippen LogP contribution is -2.19. The van der Waals surface area contributed by atoms with Crippen molar-refractivity contribution in [3.8, 4) is 0 Å². The van der Waals surface area contributed by atoms with E-state index in [9.17, 15) is 14.0 Å². The summed E-state index contributed by atoms with van der Waals surface area (Å²) < 4.78 is 18.6. The van der Waals surface area contributed by atoms with E-state index in [1.54, 1.807) is 6.07 Å². The third kappa shape index (κ3) is 3.37. The molecule has 0 spiro atoms. The normalized spacial score (nSPS) is 10.1. The van der Waals surface area contributed by atoms with Crippen LogP contribution in [0.3, 0.4) is 0 Å². The first-order valence-corrected chi connectivity index (χ1v) is 5.61. The van der Waals surface area contributed by atoms with Crippen molar-refractivity contribution >= 4 is 17.6 Å². The molecule has 0 saturated heterocycles. The third-order valence-corrected chi connectivity index (χ3v) is 2.32. The van der Waals surface area contributed by atoms with E-state index < -0.39 is 17.7 Å². The number of amides is 1. The number of halogens is 1. The fraction of sp³-hybridized carbons (Fsp3) is 0.167. The number of carbonyl (C=O) groups excluding carboxylic acids is 2. The second kappa shape index (κ2) is 5.91. The molecule has 0 aliphatic rings. The van der Waals surface area contributed by atoms with Crippen LogP contribution in [0.2, 0.25) is 0 Å². The van der Waals surface area contributed by atoms with Gasteiger partial charge >= 0.3 is 5.97 Å². The van der Waals surface area contributed by atoms with Gasteiger partial charge in [-0.3, -0.25) is 4.79 Å². The minimum absolute atomic E-state index is 0.133. The average Bonchev–Trinajstić information content (AvgIpc) is 2.86. The summed E-state index contributed by atoms with van der Waals surface area (Å²) in [6.07, 6.45) is 1.23. The van der Waals surface area contributed by atoms with E-state index in [-0.39, 0.29) is 12.4 Å². The highest BCUT2D eigenvalue weighted by molar-refractivity contribution is 5.90. The molecule has 0 saturated carbocycles. The minimum atomic E-state index is -0.686. The van der Waals surface area contributed by atoms with Gasteiger partial charge in [-0.05, 0) is 18.2 Å². The quantitative estimate of drug-likeness (QED) is 0.838. The molecule has 0 atom stereocenters. The highest BCUT2D eigenvalue weighted by atomic mass is 19.1. The summed E-state index contributed by atoms with van der Waals surface area (Å²) in [5.41, 5.74) is 0.336. The molecular weight excluding hydrogens is 267 g/mol. The van der Waals surface area contributed by atoms with Gasteiger partial charge in [0.2, 0.25) is 5.91 Å². The van der Waals surface area contributed by atoms with E-state index in [0.29, 0.717) is 5.69 Å². The van der Waals surface area contributed by atoms with E-state index in [0.717, 1.165) is 0 Å². The fourth-order valence-electron chi connectivity index (χ4n) is 1.47. The summed E-state index contributed by atoms with van der Waals surface area (Å²) in [5, 5.41) is 6.28. The molecule has 0 radical (unpaired) electrons. The molecule has 1 N–H and O–H groups in total. The number of ether oxygens (including phenoxy) is 1. The molecule has 0 fully saturated rings. The standard InChI is InChI=1S/C12H11FN4O3/c1-20-12(19)11-14-7-17(16-11)6-10(18)15-9-4-2-3-8(13)5-9/h2-5,7H,6H2,1H3,(H,15,18). The zero-order valence-electron chi connectivity index (χ0n) is 10.5. The number of hydrogen-bond donors (Lipinski definition) is 1. The lowest BCUT2D eigenvalue weighted by Gasteiger charge is -2.04. The van der Waals surface area contributed by atoms with Crippen molar-refractivity contribution in [2.45, 2.75) is 6.54 Å². The van der Waals surface area contributed by atoms with Crippen LogP contribution in [-0.4, -0.2) is 33.8 Å². The maximum absolute atomic E-state index is 12.9. The Morgan fingerprint density at radius 1 is 1.45 bits per heavy atom. The molecule has 1 aromatic carbocycles. The van der Waals surface area contributed by atoms with Crippen molar-refractivity contribution < 1.29 is 18.7 Å². The van der Waals surface area contributed by atoms with Gasteiger partial charge in [-0.2, -0.15) is 0 Å². The Balaban J connectivity index is 1.98. The van der Waals surface area contributed by atoms with Gasteiger partial charge < -0.3 is 10.1 Å². The maximum atomic E-state index is 12.9. The number of anilines is 1. The van der Waals surface area contributed by atoms with Crippen molar-refractivity contribution in [1.82, 2.24) is 14.8 Å². The molecule has 8 heteroatoms. The third-order valence-electron chi connectivity index (χ3n) is 2.32. The van der Waals surface area contributed by atoms with Crippen LogP contribution in [0.1, 0.15) is 10.6 Å². The second-order valence-electron chi connectivity index (χ2n) is 3.82. The zero-order chi connectivity index (χ0) is 14.5. The summed E-state index contributed by atoms with van der Waals surface area (Å²) in [7, 11) is 1.21. The number of nitrogens with one attached hydrogen (secondary N) is 1. The first kappa shape index (κ1) is 13.7. The number of benzene rings is 1. The lowest BCUT2D eigenvalue weighted by atomic mass is 10.3. The summed E-state index contributed by atoms with van der Waals surface area (Å²) in [5.74, 6) is -1.69. The molecule has 1 amide bonds. The summed E-state index contributed by atoms with van der Waals surface area (Å²) >= 11 is 0. The van der Waals surface area contributed by atoms with Crippen LogP contribution in [0.4, 0.5) is 10.1 Å². The van der Waals surface area contributed by atoms with Gasteiger partial charge in [-0.1, -0.05) is 6.07 Å². The van der Waals surface area contributed by atoms with Crippen LogP contribution in [0.25, 0.3) is 0 Å². The molecule has 0 unspecified atom stereocenters. The molecule has 2 aromatic rings. The van der Waals surface area contributed by atoms with Gasteiger partial charge in [0, 0.05) is 5.69 Å². The Morgan fingerprint density at radius 3 is 2.95 bits per heavy atom. The summed E-state index contributed by atoms with van der Waals surface area (Å²) in [6, 6.07) is 5.51. The monoisotopic (exact) mass is 278 g/mol. The van der Waals surface area contributed by atoms with Gasteiger partial charge in [-0.15, -0.1) is 5.10 Å². The Labute approximate surface area is 113 Å². The number of carbonyl (C=O) groups is 2. The number of nitrogens with zero attached hydrogens (tertiary/aromatic N) is 3. The van der Waals surface area contributed by atoms with E-state index in [1.165, 1.54) is 36.3 Å². The number of rotatable bonds is 4. The minimum Gasteiger partial charge on any atom is -0.463 e. The molecule has 0 aliphatic carbocycles. The van der Waals surface area contributed by atoms with Crippen molar-refractivity contribution in [2.24, 2.45) is 0 Å². The van der Waals surface area contributed by atoms with Crippen molar-refractivity contribution in [1.29, 1.82) is 0 Å². The molecule has 20 heavy (non-hydrogen) atoms. The highest BCUT2D eigenvalue weighted by Crippen LogP contribution is 2.08. The van der Waals surface area contributed by atoms with Crippen LogP contribution in [0.5, 0.6) is 0 Å². The maximum Gasteiger partial charge on any atom is 0.377 e.